The first-order valence-electron chi connectivity index (χ1n) is 6.54. The van der Waals surface area contributed by atoms with Crippen LogP contribution in [0.1, 0.15) is 17.5 Å². The van der Waals surface area contributed by atoms with Crippen molar-refractivity contribution in [3.8, 4) is 6.07 Å². The Balaban J connectivity index is 2.13. The smallest absolute Gasteiger partial charge is 0.227 e. The number of hydrogen-bond donors (Lipinski definition) is 1. The van der Waals surface area contributed by atoms with Gasteiger partial charge in [-0.15, -0.1) is 0 Å². The molecule has 5 heteroatoms. The van der Waals surface area contributed by atoms with Gasteiger partial charge in [0, 0.05) is 18.7 Å². The molecule has 1 heterocycles. The topological polar surface area (TPSA) is 73.2 Å². The number of carbonyl (C=O) groups is 2. The van der Waals surface area contributed by atoms with Gasteiger partial charge < -0.3 is 10.2 Å². The van der Waals surface area contributed by atoms with Crippen molar-refractivity contribution in [1.82, 2.24) is 5.32 Å². The third kappa shape index (κ3) is 2.97. The summed E-state index contributed by atoms with van der Waals surface area (Å²) in [6.45, 7) is 4.31. The molecule has 1 fully saturated rings. The largest absolute Gasteiger partial charge is 0.343 e. The minimum absolute atomic E-state index is 0.0208. The molecule has 2 rings (SSSR count). The Hall–Kier alpha value is -2.35. The summed E-state index contributed by atoms with van der Waals surface area (Å²) in [5, 5.41) is 11.0. The van der Waals surface area contributed by atoms with E-state index < -0.39 is 0 Å². The van der Waals surface area contributed by atoms with Gasteiger partial charge in [0.1, 0.15) is 6.54 Å². The molecule has 1 aromatic carbocycles. The van der Waals surface area contributed by atoms with E-state index in [0.29, 0.717) is 6.54 Å². The van der Waals surface area contributed by atoms with E-state index in [4.69, 9.17) is 5.26 Å². The SMILES string of the molecule is Cc1cc(C)cc(N2CC(C(=O)NCC#N)CC2=O)c1. The first kappa shape index (κ1) is 14.1. The van der Waals surface area contributed by atoms with Crippen molar-refractivity contribution in [3.05, 3.63) is 29.3 Å². The van der Waals surface area contributed by atoms with Gasteiger partial charge in [0.05, 0.1) is 12.0 Å². The van der Waals surface area contributed by atoms with E-state index in [1.165, 1.54) is 0 Å². The van der Waals surface area contributed by atoms with Gasteiger partial charge >= 0.3 is 0 Å². The van der Waals surface area contributed by atoms with Crippen molar-refractivity contribution in [2.24, 2.45) is 5.92 Å². The first-order chi connectivity index (χ1) is 9.51. The maximum atomic E-state index is 12.1. The number of nitrogens with one attached hydrogen (secondary N) is 1. The Kier molecular flexibility index (Phi) is 4.04. The molecule has 2 amide bonds. The lowest BCUT2D eigenvalue weighted by Gasteiger charge is -2.18. The van der Waals surface area contributed by atoms with E-state index in [0.717, 1.165) is 16.8 Å². The summed E-state index contributed by atoms with van der Waals surface area (Å²) in [5.41, 5.74) is 3.01. The summed E-state index contributed by atoms with van der Waals surface area (Å²) in [4.78, 5) is 25.5. The lowest BCUT2D eigenvalue weighted by Crippen LogP contribution is -2.33. The van der Waals surface area contributed by atoms with Crippen LogP contribution in [-0.4, -0.2) is 24.9 Å². The Morgan fingerprint density at radius 3 is 2.65 bits per heavy atom. The van der Waals surface area contributed by atoms with Crippen LogP contribution < -0.4 is 10.2 Å². The Labute approximate surface area is 118 Å². The fraction of sp³-hybridized carbons (Fsp3) is 0.400. The monoisotopic (exact) mass is 271 g/mol. The molecule has 1 saturated heterocycles. The highest BCUT2D eigenvalue weighted by Crippen LogP contribution is 2.26. The van der Waals surface area contributed by atoms with Crippen molar-refractivity contribution in [1.29, 1.82) is 5.26 Å². The van der Waals surface area contributed by atoms with Gasteiger partial charge in [0.25, 0.3) is 0 Å². The fourth-order valence-corrected chi connectivity index (χ4v) is 2.51. The number of carbonyl (C=O) groups excluding carboxylic acids is 2. The number of aryl methyl sites for hydroxylation is 2. The van der Waals surface area contributed by atoms with E-state index >= 15 is 0 Å². The van der Waals surface area contributed by atoms with Crippen LogP contribution >= 0.6 is 0 Å². The molecule has 0 radical (unpaired) electrons. The second-order valence-corrected chi connectivity index (χ2v) is 5.13. The minimum atomic E-state index is -0.378. The maximum Gasteiger partial charge on any atom is 0.227 e. The molecule has 5 nitrogen and oxygen atoms in total. The highest BCUT2D eigenvalue weighted by molar-refractivity contribution is 6.00. The average Bonchev–Trinajstić information content (AvgIpc) is 2.77. The first-order valence-corrected chi connectivity index (χ1v) is 6.54. The molecule has 1 N–H and O–H groups in total. The number of benzene rings is 1. The van der Waals surface area contributed by atoms with Crippen molar-refractivity contribution in [2.45, 2.75) is 20.3 Å². The second kappa shape index (κ2) is 5.74. The number of nitriles is 1. The van der Waals surface area contributed by atoms with E-state index in [1.54, 1.807) is 4.90 Å². The number of nitrogens with zero attached hydrogens (tertiary/aromatic N) is 2. The predicted molar refractivity (Wildman–Crippen MR) is 75.0 cm³/mol. The highest BCUT2D eigenvalue weighted by Gasteiger charge is 2.35. The maximum absolute atomic E-state index is 12.1. The zero-order valence-corrected chi connectivity index (χ0v) is 11.6. The molecule has 0 spiro atoms. The molecule has 0 aromatic heterocycles. The van der Waals surface area contributed by atoms with Crippen molar-refractivity contribution < 1.29 is 9.59 Å². The molecule has 0 aliphatic carbocycles. The van der Waals surface area contributed by atoms with Crippen molar-refractivity contribution in [2.75, 3.05) is 18.0 Å². The molecule has 104 valence electrons. The molecule has 0 saturated carbocycles. The Bertz CT molecular complexity index is 569. The average molecular weight is 271 g/mol. The van der Waals surface area contributed by atoms with Crippen LogP contribution in [0.5, 0.6) is 0 Å². The quantitative estimate of drug-likeness (QED) is 0.842. The Morgan fingerprint density at radius 2 is 2.05 bits per heavy atom. The van der Waals surface area contributed by atoms with Crippen LogP contribution in [0.3, 0.4) is 0 Å². The molecule has 1 aliphatic rings. The van der Waals surface area contributed by atoms with Gasteiger partial charge in [-0.1, -0.05) is 6.07 Å². The van der Waals surface area contributed by atoms with Crippen LogP contribution in [-0.2, 0) is 9.59 Å². The molecule has 1 atom stereocenters. The van der Waals surface area contributed by atoms with E-state index in [2.05, 4.69) is 5.32 Å². The van der Waals surface area contributed by atoms with E-state index in [9.17, 15) is 9.59 Å². The van der Waals surface area contributed by atoms with E-state index in [-0.39, 0.29) is 30.7 Å². The Morgan fingerprint density at radius 1 is 1.40 bits per heavy atom. The summed E-state index contributed by atoms with van der Waals surface area (Å²) >= 11 is 0. The third-order valence-corrected chi connectivity index (χ3v) is 3.36. The molecular weight excluding hydrogens is 254 g/mol. The van der Waals surface area contributed by atoms with Crippen LogP contribution in [0.15, 0.2) is 18.2 Å². The third-order valence-electron chi connectivity index (χ3n) is 3.36. The normalized spacial score (nSPS) is 17.9. The summed E-state index contributed by atoms with van der Waals surface area (Å²) in [6, 6.07) is 7.79. The zero-order chi connectivity index (χ0) is 14.7. The van der Waals surface area contributed by atoms with Gasteiger partial charge in [-0.2, -0.15) is 5.26 Å². The lowest BCUT2D eigenvalue weighted by atomic mass is 10.1. The van der Waals surface area contributed by atoms with E-state index in [1.807, 2.05) is 38.1 Å². The van der Waals surface area contributed by atoms with Crippen LogP contribution in [0, 0.1) is 31.1 Å². The summed E-state index contributed by atoms with van der Waals surface area (Å²) in [6.07, 6.45) is 0.199. The molecule has 0 bridgehead atoms. The minimum Gasteiger partial charge on any atom is -0.343 e. The predicted octanol–water partition coefficient (Wildman–Crippen LogP) is 1.30. The number of hydrogen-bond acceptors (Lipinski definition) is 3. The molecule has 1 aromatic rings. The molecule has 1 unspecified atom stereocenters. The van der Waals surface area contributed by atoms with Gasteiger partial charge in [-0.25, -0.2) is 0 Å². The van der Waals surface area contributed by atoms with Gasteiger partial charge in [-0.3, -0.25) is 9.59 Å². The highest BCUT2D eigenvalue weighted by atomic mass is 16.2. The number of anilines is 1. The molecule has 20 heavy (non-hydrogen) atoms. The van der Waals surface area contributed by atoms with Crippen LogP contribution in [0.4, 0.5) is 5.69 Å². The van der Waals surface area contributed by atoms with Gasteiger partial charge in [0.15, 0.2) is 0 Å². The number of amides is 2. The summed E-state index contributed by atoms with van der Waals surface area (Å²) in [7, 11) is 0. The zero-order valence-electron chi connectivity index (χ0n) is 11.6. The second-order valence-electron chi connectivity index (χ2n) is 5.13. The standard InChI is InChI=1S/C15H17N3O2/c1-10-5-11(2)7-13(6-10)18-9-12(8-14(18)19)15(20)17-4-3-16/h5-7,12H,4,8-9H2,1-2H3,(H,17,20). The summed E-state index contributed by atoms with van der Waals surface area (Å²) in [5.74, 6) is -0.657. The van der Waals surface area contributed by atoms with Gasteiger partial charge in [-0.05, 0) is 37.1 Å². The van der Waals surface area contributed by atoms with Gasteiger partial charge in [0.2, 0.25) is 11.8 Å². The summed E-state index contributed by atoms with van der Waals surface area (Å²) < 4.78 is 0. The van der Waals surface area contributed by atoms with Crippen LogP contribution in [0.2, 0.25) is 0 Å². The van der Waals surface area contributed by atoms with Crippen LogP contribution in [0.25, 0.3) is 0 Å². The van der Waals surface area contributed by atoms with Crippen molar-refractivity contribution in [3.63, 3.8) is 0 Å². The molecule has 1 aliphatic heterocycles. The lowest BCUT2D eigenvalue weighted by molar-refractivity contribution is -0.126. The van der Waals surface area contributed by atoms with Crippen molar-refractivity contribution >= 4 is 17.5 Å². The fourth-order valence-electron chi connectivity index (χ4n) is 2.51. The number of rotatable bonds is 3. The molecular formula is C15H17N3O2.